The quantitative estimate of drug-likeness (QED) is 0.468. The fraction of sp³-hybridized carbons (Fsp3) is 0.105. The van der Waals surface area contributed by atoms with Crippen molar-refractivity contribution in [2.45, 2.75) is 6.92 Å². The van der Waals surface area contributed by atoms with Crippen LogP contribution in [0.4, 0.5) is 0 Å². The van der Waals surface area contributed by atoms with E-state index in [9.17, 15) is 4.79 Å². The number of benzene rings is 2. The Morgan fingerprint density at radius 1 is 1.26 bits per heavy atom. The highest BCUT2D eigenvalue weighted by atomic mass is 35.5. The molecule has 0 saturated heterocycles. The van der Waals surface area contributed by atoms with Gasteiger partial charge in [0.05, 0.1) is 23.5 Å². The number of H-pyrrole nitrogens is 1. The smallest absolute Gasteiger partial charge is 0.289 e. The van der Waals surface area contributed by atoms with Crippen LogP contribution in [0.25, 0.3) is 11.3 Å². The van der Waals surface area contributed by atoms with Gasteiger partial charge in [-0.25, -0.2) is 5.43 Å². The van der Waals surface area contributed by atoms with E-state index in [-0.39, 0.29) is 5.69 Å². The van der Waals surface area contributed by atoms with Crippen LogP contribution in [0.2, 0.25) is 10.0 Å². The van der Waals surface area contributed by atoms with Crippen molar-refractivity contribution in [3.63, 3.8) is 0 Å². The van der Waals surface area contributed by atoms with Crippen LogP contribution >= 0.6 is 23.2 Å². The number of amides is 1. The number of carbonyl (C=O) groups is 1. The van der Waals surface area contributed by atoms with Gasteiger partial charge in [0.25, 0.3) is 5.91 Å². The zero-order valence-corrected chi connectivity index (χ0v) is 15.9. The number of halogens is 2. The summed E-state index contributed by atoms with van der Waals surface area (Å²) in [4.78, 5) is 12.2. The molecule has 6 nitrogen and oxygen atoms in total. The second-order valence-corrected chi connectivity index (χ2v) is 6.34. The molecular formula is C19H16Cl2N4O2. The number of aromatic amines is 1. The summed E-state index contributed by atoms with van der Waals surface area (Å²) in [5, 5.41) is 11.8. The average molecular weight is 403 g/mol. The summed E-state index contributed by atoms with van der Waals surface area (Å²) >= 11 is 11.9. The van der Waals surface area contributed by atoms with Crippen molar-refractivity contribution in [3.05, 3.63) is 69.8 Å². The van der Waals surface area contributed by atoms with Gasteiger partial charge in [-0.1, -0.05) is 41.4 Å². The van der Waals surface area contributed by atoms with E-state index in [1.54, 1.807) is 24.3 Å². The van der Waals surface area contributed by atoms with Crippen molar-refractivity contribution in [1.82, 2.24) is 15.6 Å². The summed E-state index contributed by atoms with van der Waals surface area (Å²) in [6.07, 6.45) is 1.44. The normalized spacial score (nSPS) is 10.9. The lowest BCUT2D eigenvalue weighted by atomic mass is 10.1. The van der Waals surface area contributed by atoms with Crippen LogP contribution in [0.15, 0.2) is 53.6 Å². The molecule has 27 heavy (non-hydrogen) atoms. The van der Waals surface area contributed by atoms with Gasteiger partial charge in [0, 0.05) is 16.1 Å². The standard InChI is InChI=1S/C19H16Cl2N4O2/c1-2-27-15-5-3-4-12(8-15)17-10-18(24-23-17)19(26)25-22-11-13-6-7-14(20)9-16(13)21/h3-11H,2H2,1H3,(H,23,24)(H,25,26)/b22-11+. The minimum atomic E-state index is -0.420. The number of hydrazone groups is 1. The van der Waals surface area contributed by atoms with Gasteiger partial charge in [0.15, 0.2) is 0 Å². The molecule has 2 aromatic carbocycles. The minimum absolute atomic E-state index is 0.283. The molecule has 8 heteroatoms. The Bertz CT molecular complexity index is 985. The lowest BCUT2D eigenvalue weighted by Gasteiger charge is -2.03. The number of nitrogens with zero attached hydrogens (tertiary/aromatic N) is 2. The fourth-order valence-corrected chi connectivity index (χ4v) is 2.78. The second kappa shape index (κ2) is 8.70. The molecule has 2 N–H and O–H groups in total. The number of nitrogens with one attached hydrogen (secondary N) is 2. The summed E-state index contributed by atoms with van der Waals surface area (Å²) in [6.45, 7) is 2.49. The SMILES string of the molecule is CCOc1cccc(-c2cc(C(=O)N/N=C/c3ccc(Cl)cc3Cl)[nH]n2)c1. The second-order valence-electron chi connectivity index (χ2n) is 5.49. The molecule has 0 bridgehead atoms. The summed E-state index contributed by atoms with van der Waals surface area (Å²) in [5.74, 6) is 0.324. The van der Waals surface area contributed by atoms with E-state index in [2.05, 4.69) is 20.7 Å². The molecule has 0 saturated carbocycles. The minimum Gasteiger partial charge on any atom is -0.494 e. The van der Waals surface area contributed by atoms with Gasteiger partial charge in [-0.05, 0) is 37.3 Å². The molecule has 1 aromatic heterocycles. The van der Waals surface area contributed by atoms with Gasteiger partial charge >= 0.3 is 0 Å². The molecule has 0 aliphatic rings. The van der Waals surface area contributed by atoms with Crippen molar-refractivity contribution in [1.29, 1.82) is 0 Å². The first-order valence-corrected chi connectivity index (χ1v) is 8.89. The molecule has 0 spiro atoms. The van der Waals surface area contributed by atoms with E-state index < -0.39 is 5.91 Å². The topological polar surface area (TPSA) is 79.4 Å². The van der Waals surface area contributed by atoms with E-state index >= 15 is 0 Å². The first kappa shape index (κ1) is 18.9. The maximum atomic E-state index is 12.2. The molecule has 0 radical (unpaired) electrons. The highest BCUT2D eigenvalue weighted by molar-refractivity contribution is 6.36. The molecule has 3 aromatic rings. The molecule has 3 rings (SSSR count). The first-order chi connectivity index (χ1) is 13.1. The first-order valence-electron chi connectivity index (χ1n) is 8.14. The van der Waals surface area contributed by atoms with Crippen molar-refractivity contribution in [2.24, 2.45) is 5.10 Å². The zero-order chi connectivity index (χ0) is 19.2. The molecule has 0 unspecified atom stereocenters. The van der Waals surface area contributed by atoms with Gasteiger partial charge in [-0.3, -0.25) is 9.89 Å². The third kappa shape index (κ3) is 4.87. The van der Waals surface area contributed by atoms with E-state index in [1.807, 2.05) is 31.2 Å². The molecular weight excluding hydrogens is 387 g/mol. The van der Waals surface area contributed by atoms with Crippen LogP contribution in [-0.2, 0) is 0 Å². The molecule has 138 valence electrons. The Balaban J connectivity index is 1.68. The summed E-state index contributed by atoms with van der Waals surface area (Å²) in [6, 6.07) is 14.1. The van der Waals surface area contributed by atoms with Crippen LogP contribution in [0, 0.1) is 0 Å². The highest BCUT2D eigenvalue weighted by Crippen LogP contribution is 2.23. The van der Waals surface area contributed by atoms with Crippen LogP contribution in [-0.4, -0.2) is 28.9 Å². The van der Waals surface area contributed by atoms with Crippen molar-refractivity contribution in [2.75, 3.05) is 6.61 Å². The van der Waals surface area contributed by atoms with Gasteiger partial charge in [-0.15, -0.1) is 0 Å². The molecule has 0 atom stereocenters. The van der Waals surface area contributed by atoms with Crippen molar-refractivity contribution < 1.29 is 9.53 Å². The van der Waals surface area contributed by atoms with E-state index in [0.29, 0.717) is 27.9 Å². The number of hydrogen-bond acceptors (Lipinski definition) is 4. The number of hydrogen-bond donors (Lipinski definition) is 2. The Morgan fingerprint density at radius 2 is 2.11 bits per heavy atom. The Morgan fingerprint density at radius 3 is 2.89 bits per heavy atom. The van der Waals surface area contributed by atoms with E-state index in [4.69, 9.17) is 27.9 Å². The van der Waals surface area contributed by atoms with Gasteiger partial charge in [0.2, 0.25) is 0 Å². The Hall–Kier alpha value is -2.83. The average Bonchev–Trinajstić information content (AvgIpc) is 3.14. The maximum absolute atomic E-state index is 12.2. The van der Waals surface area contributed by atoms with Crippen LogP contribution in [0.5, 0.6) is 5.75 Å². The number of ether oxygens (including phenoxy) is 1. The zero-order valence-electron chi connectivity index (χ0n) is 14.4. The highest BCUT2D eigenvalue weighted by Gasteiger charge is 2.11. The predicted molar refractivity (Wildman–Crippen MR) is 107 cm³/mol. The lowest BCUT2D eigenvalue weighted by molar-refractivity contribution is 0.0950. The monoisotopic (exact) mass is 402 g/mol. The van der Waals surface area contributed by atoms with Crippen molar-refractivity contribution in [3.8, 4) is 17.0 Å². The maximum Gasteiger partial charge on any atom is 0.289 e. The fourth-order valence-electron chi connectivity index (χ4n) is 2.32. The predicted octanol–water partition coefficient (Wildman–Crippen LogP) is 4.55. The number of carbonyl (C=O) groups excluding carboxylic acids is 1. The Labute approximate surface area is 166 Å². The van der Waals surface area contributed by atoms with E-state index in [1.165, 1.54) is 6.21 Å². The van der Waals surface area contributed by atoms with Gasteiger partial charge < -0.3 is 4.74 Å². The summed E-state index contributed by atoms with van der Waals surface area (Å²) in [7, 11) is 0. The van der Waals surface area contributed by atoms with E-state index in [0.717, 1.165) is 11.3 Å². The molecule has 0 aliphatic heterocycles. The van der Waals surface area contributed by atoms with Gasteiger partial charge in [0.1, 0.15) is 11.4 Å². The molecule has 0 fully saturated rings. The van der Waals surface area contributed by atoms with Crippen LogP contribution in [0.3, 0.4) is 0 Å². The molecule has 1 heterocycles. The van der Waals surface area contributed by atoms with Gasteiger partial charge in [-0.2, -0.15) is 10.2 Å². The number of rotatable bonds is 6. The van der Waals surface area contributed by atoms with Crippen molar-refractivity contribution >= 4 is 35.3 Å². The largest absolute Gasteiger partial charge is 0.494 e. The number of aromatic nitrogens is 2. The third-order valence-corrected chi connectivity index (χ3v) is 4.16. The Kier molecular flexibility index (Phi) is 6.11. The third-order valence-electron chi connectivity index (χ3n) is 3.60. The molecule has 0 aliphatic carbocycles. The summed E-state index contributed by atoms with van der Waals surface area (Å²) in [5.41, 5.74) is 4.82. The lowest BCUT2D eigenvalue weighted by Crippen LogP contribution is -2.18. The van der Waals surface area contributed by atoms with Crippen LogP contribution in [0.1, 0.15) is 23.0 Å². The van der Waals surface area contributed by atoms with Crippen LogP contribution < -0.4 is 10.2 Å². The molecule has 1 amide bonds. The summed E-state index contributed by atoms with van der Waals surface area (Å²) < 4.78 is 5.48.